The van der Waals surface area contributed by atoms with Gasteiger partial charge >= 0.3 is 0 Å². The Labute approximate surface area is 139 Å². The molecule has 3 aromatic rings. The Morgan fingerprint density at radius 2 is 1.26 bits per heavy atom. The Bertz CT molecular complexity index is 695. The average Bonchev–Trinajstić information content (AvgIpc) is 3.09. The van der Waals surface area contributed by atoms with Gasteiger partial charge < -0.3 is 4.90 Å². The van der Waals surface area contributed by atoms with Crippen LogP contribution in [0, 0.1) is 0 Å². The van der Waals surface area contributed by atoms with Gasteiger partial charge in [-0.3, -0.25) is 0 Å². The maximum Gasteiger partial charge on any atom is 0.0780 e. The van der Waals surface area contributed by atoms with Crippen LogP contribution in [0.15, 0.2) is 91.0 Å². The van der Waals surface area contributed by atoms with Crippen LogP contribution in [0.1, 0.15) is 11.3 Å². The van der Waals surface area contributed by atoms with Crippen LogP contribution in [0.5, 0.6) is 0 Å². The molecule has 0 aromatic heterocycles. The third-order valence-electron chi connectivity index (χ3n) is 4.45. The van der Waals surface area contributed by atoms with Gasteiger partial charge in [0.2, 0.25) is 0 Å². The highest BCUT2D eigenvalue weighted by Gasteiger charge is 2.35. The van der Waals surface area contributed by atoms with Crippen LogP contribution in [0.4, 0.5) is 5.69 Å². The number of hydrogen-bond acceptors (Lipinski definition) is 1. The molecule has 0 bridgehead atoms. The number of nitrogens with zero attached hydrogens (tertiary/aromatic N) is 1. The first-order chi connectivity index (χ1) is 11.4. The molecule has 0 spiro atoms. The molecule has 0 amide bonds. The number of anilines is 1. The summed E-state index contributed by atoms with van der Waals surface area (Å²) in [6.45, 7) is 1.13. The largest absolute Gasteiger partial charge is 0.360 e. The molecule has 2 unspecified atom stereocenters. The summed E-state index contributed by atoms with van der Waals surface area (Å²) in [5.74, 6) is 0.469. The predicted octanol–water partition coefficient (Wildman–Crippen LogP) is 5.01. The van der Waals surface area contributed by atoms with E-state index in [1.807, 2.05) is 0 Å². The minimum absolute atomic E-state index is 0.217. The van der Waals surface area contributed by atoms with E-state index in [9.17, 15) is 0 Å². The van der Waals surface area contributed by atoms with Crippen LogP contribution < -0.4 is 10.2 Å². The summed E-state index contributed by atoms with van der Waals surface area (Å²) in [7, 11) is -0.217. The van der Waals surface area contributed by atoms with E-state index in [4.69, 9.17) is 0 Å². The van der Waals surface area contributed by atoms with Crippen molar-refractivity contribution in [3.05, 3.63) is 96.6 Å². The standard InChI is InChI=1S/C21H20NP/c1-4-10-18(11-5-1)21-22(19-12-6-2-7-13-19)16-17-23(21)20-14-8-3-9-15-20/h1-15,21H,16-17H2. The Balaban J connectivity index is 1.77. The van der Waals surface area contributed by atoms with Crippen molar-refractivity contribution < 1.29 is 0 Å². The van der Waals surface area contributed by atoms with Gasteiger partial charge in [-0.25, -0.2) is 0 Å². The van der Waals surface area contributed by atoms with Crippen LogP contribution in [-0.4, -0.2) is 12.7 Å². The normalized spacial score (nSPS) is 20.6. The second-order valence-corrected chi connectivity index (χ2v) is 8.23. The Morgan fingerprint density at radius 1 is 0.696 bits per heavy atom. The lowest BCUT2D eigenvalue weighted by Gasteiger charge is -2.30. The topological polar surface area (TPSA) is 3.24 Å². The first-order valence-electron chi connectivity index (χ1n) is 8.12. The maximum atomic E-state index is 2.59. The summed E-state index contributed by atoms with van der Waals surface area (Å²) in [5.41, 5.74) is 2.77. The van der Waals surface area contributed by atoms with Gasteiger partial charge in [0.25, 0.3) is 0 Å². The molecule has 0 N–H and O–H groups in total. The van der Waals surface area contributed by atoms with E-state index in [2.05, 4.69) is 95.9 Å². The fourth-order valence-corrected chi connectivity index (χ4v) is 6.28. The molecule has 114 valence electrons. The van der Waals surface area contributed by atoms with E-state index < -0.39 is 0 Å². The minimum Gasteiger partial charge on any atom is -0.360 e. The fourth-order valence-electron chi connectivity index (χ4n) is 3.39. The number of hydrogen-bond donors (Lipinski definition) is 0. The summed E-state index contributed by atoms with van der Waals surface area (Å²) in [5, 5.41) is 1.51. The SMILES string of the molecule is c1ccc(C2N(c3ccccc3)CCP2c2ccccc2)cc1. The second-order valence-electron chi connectivity index (χ2n) is 5.84. The molecule has 4 rings (SSSR count). The molecule has 3 aromatic carbocycles. The molecule has 1 saturated heterocycles. The van der Waals surface area contributed by atoms with Gasteiger partial charge in [0.1, 0.15) is 0 Å². The number of rotatable bonds is 3. The molecule has 1 fully saturated rings. The van der Waals surface area contributed by atoms with Crippen molar-refractivity contribution in [1.82, 2.24) is 0 Å². The molecule has 0 aliphatic carbocycles. The summed E-state index contributed by atoms with van der Waals surface area (Å²) >= 11 is 0. The molecule has 0 radical (unpaired) electrons. The first-order valence-corrected chi connectivity index (χ1v) is 9.71. The second kappa shape index (κ2) is 6.56. The van der Waals surface area contributed by atoms with Crippen LogP contribution in [-0.2, 0) is 0 Å². The summed E-state index contributed by atoms with van der Waals surface area (Å²) in [4.78, 5) is 2.59. The van der Waals surface area contributed by atoms with Crippen LogP contribution in [0.2, 0.25) is 0 Å². The summed E-state index contributed by atoms with van der Waals surface area (Å²) in [6.07, 6.45) is 1.26. The van der Waals surface area contributed by atoms with Gasteiger partial charge in [-0.2, -0.15) is 0 Å². The first kappa shape index (κ1) is 14.5. The van der Waals surface area contributed by atoms with Crippen molar-refractivity contribution in [2.24, 2.45) is 0 Å². The smallest absolute Gasteiger partial charge is 0.0780 e. The number of para-hydroxylation sites is 1. The van der Waals surface area contributed by atoms with Crippen molar-refractivity contribution >= 4 is 18.9 Å². The van der Waals surface area contributed by atoms with Crippen molar-refractivity contribution in [1.29, 1.82) is 0 Å². The third-order valence-corrected chi connectivity index (χ3v) is 7.26. The van der Waals surface area contributed by atoms with Gasteiger partial charge in [0.15, 0.2) is 0 Å². The Morgan fingerprint density at radius 3 is 1.91 bits per heavy atom. The minimum atomic E-state index is -0.217. The summed E-state index contributed by atoms with van der Waals surface area (Å²) in [6, 6.07) is 32.9. The predicted molar refractivity (Wildman–Crippen MR) is 101 cm³/mol. The molecule has 1 aliphatic heterocycles. The highest BCUT2D eigenvalue weighted by atomic mass is 31.1. The highest BCUT2D eigenvalue weighted by molar-refractivity contribution is 7.66. The quantitative estimate of drug-likeness (QED) is 0.614. The van der Waals surface area contributed by atoms with Gasteiger partial charge in [-0.15, -0.1) is 0 Å². The maximum absolute atomic E-state index is 2.59. The van der Waals surface area contributed by atoms with Crippen molar-refractivity contribution in [2.45, 2.75) is 5.78 Å². The molecule has 0 saturated carbocycles. The zero-order valence-electron chi connectivity index (χ0n) is 13.0. The van der Waals surface area contributed by atoms with Gasteiger partial charge in [-0.05, 0) is 37.1 Å². The number of benzene rings is 3. The van der Waals surface area contributed by atoms with Crippen molar-refractivity contribution in [2.75, 3.05) is 17.6 Å². The lowest BCUT2D eigenvalue weighted by Crippen LogP contribution is -2.23. The molecule has 1 nitrogen and oxygen atoms in total. The van der Waals surface area contributed by atoms with Crippen molar-refractivity contribution in [3.8, 4) is 0 Å². The van der Waals surface area contributed by atoms with E-state index >= 15 is 0 Å². The third kappa shape index (κ3) is 2.90. The lowest BCUT2D eigenvalue weighted by molar-refractivity contribution is 0.855. The summed E-state index contributed by atoms with van der Waals surface area (Å²) < 4.78 is 0. The van der Waals surface area contributed by atoms with Gasteiger partial charge in [0.05, 0.1) is 5.78 Å². The molecule has 1 aliphatic rings. The Hall–Kier alpha value is -2.11. The average molecular weight is 317 g/mol. The van der Waals surface area contributed by atoms with E-state index in [1.165, 1.54) is 22.7 Å². The van der Waals surface area contributed by atoms with E-state index in [-0.39, 0.29) is 7.92 Å². The molecular weight excluding hydrogens is 297 g/mol. The van der Waals surface area contributed by atoms with Gasteiger partial charge in [0, 0.05) is 12.2 Å². The van der Waals surface area contributed by atoms with E-state index in [1.54, 1.807) is 0 Å². The molecule has 2 atom stereocenters. The Kier molecular flexibility index (Phi) is 4.13. The van der Waals surface area contributed by atoms with Gasteiger partial charge in [-0.1, -0.05) is 78.9 Å². The lowest BCUT2D eigenvalue weighted by atomic mass is 10.2. The van der Waals surface area contributed by atoms with E-state index in [0.29, 0.717) is 5.78 Å². The van der Waals surface area contributed by atoms with Crippen LogP contribution >= 0.6 is 7.92 Å². The van der Waals surface area contributed by atoms with E-state index in [0.717, 1.165) is 6.54 Å². The molecular formula is C21H20NP. The van der Waals surface area contributed by atoms with Crippen molar-refractivity contribution in [3.63, 3.8) is 0 Å². The zero-order chi connectivity index (χ0) is 15.5. The zero-order valence-corrected chi connectivity index (χ0v) is 13.9. The molecule has 23 heavy (non-hydrogen) atoms. The fraction of sp³-hybridized carbons (Fsp3) is 0.143. The molecule has 2 heteroatoms. The monoisotopic (exact) mass is 317 g/mol. The van der Waals surface area contributed by atoms with Crippen LogP contribution in [0.3, 0.4) is 0 Å². The molecule has 1 heterocycles. The van der Waals surface area contributed by atoms with Crippen LogP contribution in [0.25, 0.3) is 0 Å². The highest BCUT2D eigenvalue weighted by Crippen LogP contribution is 2.57.